The second kappa shape index (κ2) is 5.41. The van der Waals surface area contributed by atoms with Gasteiger partial charge in [-0.25, -0.2) is 0 Å². The third kappa shape index (κ3) is 2.61. The van der Waals surface area contributed by atoms with E-state index in [1.165, 1.54) is 0 Å². The summed E-state index contributed by atoms with van der Waals surface area (Å²) in [6.07, 6.45) is 3.38. The van der Waals surface area contributed by atoms with Crippen molar-refractivity contribution in [3.63, 3.8) is 0 Å². The average molecular weight is 262 g/mol. The van der Waals surface area contributed by atoms with Crippen LogP contribution in [0.25, 0.3) is 0 Å². The normalized spacial score (nSPS) is 17.7. The molecule has 19 heavy (non-hydrogen) atoms. The van der Waals surface area contributed by atoms with E-state index in [1.807, 2.05) is 14.0 Å². The summed E-state index contributed by atoms with van der Waals surface area (Å²) in [5.41, 5.74) is 0.547. The molecule has 0 atom stereocenters. The van der Waals surface area contributed by atoms with Gasteiger partial charge in [-0.15, -0.1) is 0 Å². The van der Waals surface area contributed by atoms with Crippen molar-refractivity contribution in [3.8, 4) is 6.07 Å². The Kier molecular flexibility index (Phi) is 3.86. The Labute approximate surface area is 112 Å². The molecule has 1 aromatic rings. The Bertz CT molecular complexity index is 509. The van der Waals surface area contributed by atoms with E-state index in [1.54, 1.807) is 10.9 Å². The van der Waals surface area contributed by atoms with Crippen LogP contribution in [0.1, 0.15) is 25.5 Å². The fourth-order valence-electron chi connectivity index (χ4n) is 2.25. The molecule has 0 spiro atoms. The van der Waals surface area contributed by atoms with Gasteiger partial charge in [0.1, 0.15) is 5.41 Å². The van der Waals surface area contributed by atoms with Crippen LogP contribution in [0.15, 0.2) is 6.20 Å². The number of hydrogen-bond acceptors (Lipinski definition) is 4. The molecular formula is C13H18N4O2. The summed E-state index contributed by atoms with van der Waals surface area (Å²) in [6, 6.07) is 2.16. The van der Waals surface area contributed by atoms with Crippen LogP contribution >= 0.6 is 0 Å². The SMILES string of the molecule is CCc1nn(C)cc1NC(=O)C1(C#N)CCOCC1. The number of rotatable bonds is 3. The second-order valence-corrected chi connectivity index (χ2v) is 4.78. The first kappa shape index (κ1) is 13.6. The van der Waals surface area contributed by atoms with Crippen molar-refractivity contribution in [1.82, 2.24) is 9.78 Å². The Hall–Kier alpha value is -1.87. The molecule has 1 aromatic heterocycles. The number of aromatic nitrogens is 2. The number of hydrogen-bond donors (Lipinski definition) is 1. The smallest absolute Gasteiger partial charge is 0.245 e. The van der Waals surface area contributed by atoms with Crippen LogP contribution in [0.2, 0.25) is 0 Å². The number of nitrogens with zero attached hydrogens (tertiary/aromatic N) is 3. The molecule has 6 nitrogen and oxygen atoms in total. The number of ether oxygens (including phenoxy) is 1. The van der Waals surface area contributed by atoms with Gasteiger partial charge in [0, 0.05) is 26.5 Å². The third-order valence-electron chi connectivity index (χ3n) is 3.48. The second-order valence-electron chi connectivity index (χ2n) is 4.78. The van der Waals surface area contributed by atoms with Crippen LogP contribution in [-0.4, -0.2) is 28.9 Å². The molecule has 1 aliphatic rings. The van der Waals surface area contributed by atoms with Gasteiger partial charge in [0.25, 0.3) is 0 Å². The minimum absolute atomic E-state index is 0.249. The maximum absolute atomic E-state index is 12.4. The molecule has 1 fully saturated rings. The standard InChI is InChI=1S/C13H18N4O2/c1-3-10-11(8-17(2)16-10)15-12(18)13(9-14)4-6-19-7-5-13/h8H,3-7H2,1-2H3,(H,15,18). The number of anilines is 1. The molecule has 0 unspecified atom stereocenters. The number of aryl methyl sites for hydroxylation is 2. The van der Waals surface area contributed by atoms with Gasteiger partial charge in [-0.05, 0) is 19.3 Å². The van der Waals surface area contributed by atoms with Crippen molar-refractivity contribution in [2.45, 2.75) is 26.2 Å². The van der Waals surface area contributed by atoms with E-state index >= 15 is 0 Å². The lowest BCUT2D eigenvalue weighted by Gasteiger charge is -2.29. The van der Waals surface area contributed by atoms with Gasteiger partial charge in [0.15, 0.2) is 0 Å². The Morgan fingerprint density at radius 1 is 1.63 bits per heavy atom. The third-order valence-corrected chi connectivity index (χ3v) is 3.48. The van der Waals surface area contributed by atoms with Crippen molar-refractivity contribution in [1.29, 1.82) is 5.26 Å². The van der Waals surface area contributed by atoms with Gasteiger partial charge in [-0.1, -0.05) is 6.92 Å². The van der Waals surface area contributed by atoms with Gasteiger partial charge < -0.3 is 10.1 Å². The van der Waals surface area contributed by atoms with Crippen LogP contribution in [0.5, 0.6) is 0 Å². The fraction of sp³-hybridized carbons (Fsp3) is 0.615. The summed E-state index contributed by atoms with van der Waals surface area (Å²) < 4.78 is 6.89. The highest BCUT2D eigenvalue weighted by atomic mass is 16.5. The van der Waals surface area contributed by atoms with Crippen molar-refractivity contribution >= 4 is 11.6 Å². The zero-order chi connectivity index (χ0) is 13.9. The summed E-state index contributed by atoms with van der Waals surface area (Å²) in [5.74, 6) is -0.249. The molecule has 2 rings (SSSR count). The van der Waals surface area contributed by atoms with Crippen molar-refractivity contribution in [3.05, 3.63) is 11.9 Å². The molecule has 6 heteroatoms. The minimum Gasteiger partial charge on any atom is -0.381 e. The first-order chi connectivity index (χ1) is 9.11. The molecule has 102 valence electrons. The molecule has 1 aliphatic heterocycles. The van der Waals surface area contributed by atoms with E-state index < -0.39 is 5.41 Å². The van der Waals surface area contributed by atoms with E-state index in [0.29, 0.717) is 31.7 Å². The lowest BCUT2D eigenvalue weighted by atomic mass is 9.81. The lowest BCUT2D eigenvalue weighted by Crippen LogP contribution is -2.40. The van der Waals surface area contributed by atoms with E-state index in [2.05, 4.69) is 16.5 Å². The largest absolute Gasteiger partial charge is 0.381 e. The number of carbonyl (C=O) groups is 1. The molecule has 0 aromatic carbocycles. The molecule has 1 amide bonds. The fourth-order valence-corrected chi connectivity index (χ4v) is 2.25. The predicted molar refractivity (Wildman–Crippen MR) is 69.3 cm³/mol. The van der Waals surface area contributed by atoms with Crippen LogP contribution < -0.4 is 5.32 Å². The molecule has 0 aliphatic carbocycles. The van der Waals surface area contributed by atoms with Crippen molar-refractivity contribution < 1.29 is 9.53 Å². The van der Waals surface area contributed by atoms with Gasteiger partial charge in [0.2, 0.25) is 5.91 Å². The van der Waals surface area contributed by atoms with Crippen LogP contribution in [0, 0.1) is 16.7 Å². The maximum atomic E-state index is 12.4. The Morgan fingerprint density at radius 2 is 2.32 bits per heavy atom. The molecule has 0 radical (unpaired) electrons. The van der Waals surface area contributed by atoms with E-state index in [0.717, 1.165) is 12.1 Å². The number of nitriles is 1. The van der Waals surface area contributed by atoms with Crippen LogP contribution in [0.3, 0.4) is 0 Å². The summed E-state index contributed by atoms with van der Waals surface area (Å²) >= 11 is 0. The molecule has 0 bridgehead atoms. The maximum Gasteiger partial charge on any atom is 0.245 e. The topological polar surface area (TPSA) is 79.9 Å². The molecule has 2 heterocycles. The van der Waals surface area contributed by atoms with Gasteiger partial charge in [-0.2, -0.15) is 10.4 Å². The lowest BCUT2D eigenvalue weighted by molar-refractivity contribution is -0.126. The highest BCUT2D eigenvalue weighted by molar-refractivity contribution is 5.97. The van der Waals surface area contributed by atoms with Gasteiger partial charge in [-0.3, -0.25) is 9.48 Å². The molecule has 1 saturated heterocycles. The van der Waals surface area contributed by atoms with Crippen molar-refractivity contribution in [2.24, 2.45) is 12.5 Å². The highest BCUT2D eigenvalue weighted by Gasteiger charge is 2.40. The zero-order valence-corrected chi connectivity index (χ0v) is 11.3. The number of nitrogens with one attached hydrogen (secondary N) is 1. The van der Waals surface area contributed by atoms with Gasteiger partial charge >= 0.3 is 0 Å². The monoisotopic (exact) mass is 262 g/mol. The zero-order valence-electron chi connectivity index (χ0n) is 11.3. The number of amides is 1. The summed E-state index contributed by atoms with van der Waals surface area (Å²) in [6.45, 7) is 2.88. The van der Waals surface area contributed by atoms with Crippen LogP contribution in [0.4, 0.5) is 5.69 Å². The first-order valence-corrected chi connectivity index (χ1v) is 6.44. The predicted octanol–water partition coefficient (Wildman–Crippen LogP) is 1.24. The van der Waals surface area contributed by atoms with E-state index in [4.69, 9.17) is 4.74 Å². The Morgan fingerprint density at radius 3 is 2.89 bits per heavy atom. The minimum atomic E-state index is -0.973. The summed E-state index contributed by atoms with van der Waals surface area (Å²) in [4.78, 5) is 12.4. The van der Waals surface area contributed by atoms with E-state index in [9.17, 15) is 10.1 Å². The van der Waals surface area contributed by atoms with Crippen molar-refractivity contribution in [2.75, 3.05) is 18.5 Å². The quantitative estimate of drug-likeness (QED) is 0.888. The molecule has 0 saturated carbocycles. The molecule has 1 N–H and O–H groups in total. The number of carbonyl (C=O) groups excluding carboxylic acids is 1. The molecular weight excluding hydrogens is 244 g/mol. The summed E-state index contributed by atoms with van der Waals surface area (Å²) in [7, 11) is 1.81. The van der Waals surface area contributed by atoms with E-state index in [-0.39, 0.29) is 5.91 Å². The first-order valence-electron chi connectivity index (χ1n) is 6.44. The van der Waals surface area contributed by atoms with Gasteiger partial charge in [0.05, 0.1) is 17.5 Å². The average Bonchev–Trinajstić information content (AvgIpc) is 2.79. The summed E-state index contributed by atoms with van der Waals surface area (Å²) in [5, 5.41) is 16.4. The highest BCUT2D eigenvalue weighted by Crippen LogP contribution is 2.31. The van der Waals surface area contributed by atoms with Crippen LogP contribution in [-0.2, 0) is 23.0 Å². The Balaban J connectivity index is 2.17.